The standard InChI is InChI=1S/C11H9BrClF3O2/c1-18-10(17)8(12)4-6-2-3-7(5-9(6)13)11(14,15)16/h2-3,5,8H,4H2,1H3. The normalized spacial score (nSPS) is 13.2. The molecule has 0 aliphatic carbocycles. The molecule has 0 aromatic heterocycles. The average Bonchev–Trinajstić information content (AvgIpc) is 2.29. The second-order valence-corrected chi connectivity index (χ2v) is 5.01. The predicted octanol–water partition coefficient (Wildman–Crippen LogP) is 3.84. The number of hydrogen-bond acceptors (Lipinski definition) is 2. The molecule has 0 fully saturated rings. The molecule has 0 heterocycles. The minimum absolute atomic E-state index is 0.0295. The Kier molecular flexibility index (Phi) is 5.04. The zero-order chi connectivity index (χ0) is 13.9. The van der Waals surface area contributed by atoms with Crippen LogP contribution in [0.5, 0.6) is 0 Å². The lowest BCUT2D eigenvalue weighted by atomic mass is 10.1. The summed E-state index contributed by atoms with van der Waals surface area (Å²) in [4.78, 5) is 10.5. The van der Waals surface area contributed by atoms with E-state index in [0.29, 0.717) is 5.56 Å². The maximum Gasteiger partial charge on any atom is 0.416 e. The lowest BCUT2D eigenvalue weighted by Gasteiger charge is -2.12. The van der Waals surface area contributed by atoms with Crippen LogP contribution < -0.4 is 0 Å². The molecular weight excluding hydrogens is 336 g/mol. The molecule has 2 nitrogen and oxygen atoms in total. The molecule has 0 radical (unpaired) electrons. The highest BCUT2D eigenvalue weighted by Crippen LogP contribution is 2.32. The molecule has 0 aliphatic rings. The maximum atomic E-state index is 12.4. The Hall–Kier alpha value is -0.750. The van der Waals surface area contributed by atoms with Crippen LogP contribution in [0.1, 0.15) is 11.1 Å². The third kappa shape index (κ3) is 3.88. The third-order valence-corrected chi connectivity index (χ3v) is 3.29. The summed E-state index contributed by atoms with van der Waals surface area (Å²) in [5.41, 5.74) is -0.377. The summed E-state index contributed by atoms with van der Waals surface area (Å²) in [7, 11) is 1.23. The molecule has 0 amide bonds. The van der Waals surface area contributed by atoms with E-state index in [9.17, 15) is 18.0 Å². The molecule has 0 bridgehead atoms. The Labute approximate surface area is 115 Å². The highest BCUT2D eigenvalue weighted by atomic mass is 79.9. The Morgan fingerprint density at radius 3 is 2.56 bits per heavy atom. The average molecular weight is 346 g/mol. The number of benzene rings is 1. The number of alkyl halides is 4. The van der Waals surface area contributed by atoms with Gasteiger partial charge in [0.05, 0.1) is 12.7 Å². The van der Waals surface area contributed by atoms with E-state index < -0.39 is 22.5 Å². The zero-order valence-electron chi connectivity index (χ0n) is 9.22. The molecule has 18 heavy (non-hydrogen) atoms. The summed E-state index contributed by atoms with van der Waals surface area (Å²) in [5.74, 6) is -0.508. The summed E-state index contributed by atoms with van der Waals surface area (Å²) in [6.45, 7) is 0. The molecule has 0 N–H and O–H groups in total. The van der Waals surface area contributed by atoms with Crippen LogP contribution in [0, 0.1) is 0 Å². The summed E-state index contributed by atoms with van der Waals surface area (Å²) < 4.78 is 41.7. The van der Waals surface area contributed by atoms with Gasteiger partial charge in [-0.25, -0.2) is 0 Å². The van der Waals surface area contributed by atoms with Crippen molar-refractivity contribution >= 4 is 33.5 Å². The van der Waals surface area contributed by atoms with Gasteiger partial charge in [0, 0.05) is 5.02 Å². The summed E-state index contributed by atoms with van der Waals surface area (Å²) in [6, 6.07) is 3.02. The Morgan fingerprint density at radius 1 is 1.50 bits per heavy atom. The number of ether oxygens (including phenoxy) is 1. The molecule has 0 spiro atoms. The van der Waals surface area contributed by atoms with Crippen molar-refractivity contribution in [3.05, 3.63) is 34.3 Å². The lowest BCUT2D eigenvalue weighted by Crippen LogP contribution is -2.18. The lowest BCUT2D eigenvalue weighted by molar-refractivity contribution is -0.140. The van der Waals surface area contributed by atoms with E-state index in [0.717, 1.165) is 12.1 Å². The Morgan fingerprint density at radius 2 is 2.11 bits per heavy atom. The van der Waals surface area contributed by atoms with Crippen molar-refractivity contribution in [1.82, 2.24) is 0 Å². The molecule has 100 valence electrons. The van der Waals surface area contributed by atoms with Crippen molar-refractivity contribution in [1.29, 1.82) is 0 Å². The Balaban J connectivity index is 2.90. The number of rotatable bonds is 3. The topological polar surface area (TPSA) is 26.3 Å². The van der Waals surface area contributed by atoms with Gasteiger partial charge in [-0.1, -0.05) is 33.6 Å². The highest BCUT2D eigenvalue weighted by molar-refractivity contribution is 9.10. The second kappa shape index (κ2) is 5.93. The van der Waals surface area contributed by atoms with E-state index in [2.05, 4.69) is 20.7 Å². The van der Waals surface area contributed by atoms with Crippen molar-refractivity contribution in [2.45, 2.75) is 17.4 Å². The second-order valence-electron chi connectivity index (χ2n) is 3.50. The molecule has 0 aliphatic heterocycles. The number of methoxy groups -OCH3 is 1. The number of esters is 1. The van der Waals surface area contributed by atoms with Crippen LogP contribution in [0.2, 0.25) is 5.02 Å². The third-order valence-electron chi connectivity index (χ3n) is 2.24. The van der Waals surface area contributed by atoms with Crippen LogP contribution in [0.4, 0.5) is 13.2 Å². The first-order valence-electron chi connectivity index (χ1n) is 4.83. The largest absolute Gasteiger partial charge is 0.468 e. The van der Waals surface area contributed by atoms with E-state index in [1.807, 2.05) is 0 Å². The smallest absolute Gasteiger partial charge is 0.416 e. The minimum atomic E-state index is -4.43. The quantitative estimate of drug-likeness (QED) is 0.615. The molecular formula is C11H9BrClF3O2. The number of carbonyl (C=O) groups is 1. The maximum absolute atomic E-state index is 12.4. The highest BCUT2D eigenvalue weighted by Gasteiger charge is 2.31. The minimum Gasteiger partial charge on any atom is -0.468 e. The van der Waals surface area contributed by atoms with Gasteiger partial charge in [0.1, 0.15) is 4.83 Å². The van der Waals surface area contributed by atoms with Crippen LogP contribution in [-0.2, 0) is 22.1 Å². The molecule has 0 saturated heterocycles. The van der Waals surface area contributed by atoms with Crippen molar-refractivity contribution in [3.8, 4) is 0 Å². The monoisotopic (exact) mass is 344 g/mol. The van der Waals surface area contributed by atoms with Gasteiger partial charge in [-0.15, -0.1) is 0 Å². The number of carbonyl (C=O) groups excluding carboxylic acids is 1. The van der Waals surface area contributed by atoms with E-state index in [4.69, 9.17) is 11.6 Å². The zero-order valence-corrected chi connectivity index (χ0v) is 11.6. The van der Waals surface area contributed by atoms with E-state index in [1.165, 1.54) is 13.2 Å². The summed E-state index contributed by atoms with van der Waals surface area (Å²) in [6.07, 6.45) is -4.28. The van der Waals surface area contributed by atoms with Crippen LogP contribution in [0.3, 0.4) is 0 Å². The van der Waals surface area contributed by atoms with E-state index >= 15 is 0 Å². The summed E-state index contributed by atoms with van der Waals surface area (Å²) in [5, 5.41) is -0.0295. The van der Waals surface area contributed by atoms with Crippen LogP contribution in [-0.4, -0.2) is 17.9 Å². The van der Waals surface area contributed by atoms with Gasteiger partial charge in [0.25, 0.3) is 0 Å². The van der Waals surface area contributed by atoms with Gasteiger partial charge in [0.2, 0.25) is 0 Å². The fraction of sp³-hybridized carbons (Fsp3) is 0.364. The van der Waals surface area contributed by atoms with Gasteiger partial charge in [0.15, 0.2) is 0 Å². The molecule has 1 atom stereocenters. The van der Waals surface area contributed by atoms with Gasteiger partial charge in [-0.2, -0.15) is 13.2 Å². The van der Waals surface area contributed by atoms with Crippen LogP contribution in [0.15, 0.2) is 18.2 Å². The molecule has 1 aromatic carbocycles. The number of hydrogen-bond donors (Lipinski definition) is 0. The molecule has 0 saturated carbocycles. The van der Waals surface area contributed by atoms with Gasteiger partial charge >= 0.3 is 12.1 Å². The molecule has 1 aromatic rings. The molecule has 1 rings (SSSR count). The van der Waals surface area contributed by atoms with E-state index in [1.54, 1.807) is 0 Å². The van der Waals surface area contributed by atoms with Crippen molar-refractivity contribution in [2.24, 2.45) is 0 Å². The summed E-state index contributed by atoms with van der Waals surface area (Å²) >= 11 is 8.83. The van der Waals surface area contributed by atoms with E-state index in [-0.39, 0.29) is 11.4 Å². The first-order chi connectivity index (χ1) is 8.25. The SMILES string of the molecule is COC(=O)C(Br)Cc1ccc(C(F)(F)F)cc1Cl. The fourth-order valence-electron chi connectivity index (χ4n) is 1.29. The van der Waals surface area contributed by atoms with Gasteiger partial charge in [-0.3, -0.25) is 4.79 Å². The van der Waals surface area contributed by atoms with Crippen LogP contribution >= 0.6 is 27.5 Å². The first kappa shape index (κ1) is 15.3. The van der Waals surface area contributed by atoms with Gasteiger partial charge in [-0.05, 0) is 24.1 Å². The Bertz CT molecular complexity index is 448. The number of halogens is 5. The van der Waals surface area contributed by atoms with Crippen molar-refractivity contribution < 1.29 is 22.7 Å². The fourth-order valence-corrected chi connectivity index (χ4v) is 2.09. The predicted molar refractivity (Wildman–Crippen MR) is 64.9 cm³/mol. The van der Waals surface area contributed by atoms with Gasteiger partial charge < -0.3 is 4.74 Å². The van der Waals surface area contributed by atoms with Crippen molar-refractivity contribution in [3.63, 3.8) is 0 Å². The molecule has 7 heteroatoms. The molecule has 1 unspecified atom stereocenters. The first-order valence-corrected chi connectivity index (χ1v) is 6.12. The van der Waals surface area contributed by atoms with Crippen LogP contribution in [0.25, 0.3) is 0 Å². The van der Waals surface area contributed by atoms with Crippen molar-refractivity contribution in [2.75, 3.05) is 7.11 Å².